The lowest BCUT2D eigenvalue weighted by Gasteiger charge is -2.24. The highest BCUT2D eigenvalue weighted by molar-refractivity contribution is 8.15. The van der Waals surface area contributed by atoms with Gasteiger partial charge in [0, 0.05) is 11.8 Å². The molecule has 2 saturated heterocycles. The molecule has 0 aromatic heterocycles. The molecule has 0 bridgehead atoms. The molecule has 4 rings (SSSR count). The number of amidine groups is 1. The highest BCUT2D eigenvalue weighted by atomic mass is 32.2. The van der Waals surface area contributed by atoms with E-state index < -0.39 is 9.84 Å². The normalized spacial score (nSPS) is 23.7. The first kappa shape index (κ1) is 21.0. The smallest absolute Gasteiger partial charge is 0.252 e. The van der Waals surface area contributed by atoms with Gasteiger partial charge in [-0.25, -0.2) is 17.2 Å². The molecule has 2 aromatic rings. The summed E-state index contributed by atoms with van der Waals surface area (Å²) in [6.45, 7) is 0.484. The topological polar surface area (TPSA) is 66.8 Å². The summed E-state index contributed by atoms with van der Waals surface area (Å²) in [5.74, 6) is -0.936. The summed E-state index contributed by atoms with van der Waals surface area (Å²) in [6.07, 6.45) is 0.624. The van der Waals surface area contributed by atoms with Crippen molar-refractivity contribution in [2.24, 2.45) is 4.99 Å². The zero-order valence-corrected chi connectivity index (χ0v) is 17.6. The second-order valence-electron chi connectivity index (χ2n) is 7.46. The first-order valence-corrected chi connectivity index (χ1v) is 12.2. The third kappa shape index (κ3) is 4.89. The molecule has 0 N–H and O–H groups in total. The van der Waals surface area contributed by atoms with Crippen LogP contribution in [0.25, 0.3) is 0 Å². The Hall–Kier alpha value is -2.26. The average molecular weight is 451 g/mol. The number of fused-ring (bicyclic) bond motifs is 1. The predicted octanol–water partition coefficient (Wildman–Crippen LogP) is 2.85. The number of nitrogens with zero attached hydrogens (tertiary/aromatic N) is 2. The molecular formula is C21H20F2N2O3S2. The van der Waals surface area contributed by atoms with Crippen molar-refractivity contribution >= 4 is 32.7 Å². The van der Waals surface area contributed by atoms with E-state index in [0.717, 1.165) is 5.56 Å². The Morgan fingerprint density at radius 2 is 1.60 bits per heavy atom. The standard InChI is InChI=1S/C21H20F2N2O3S2/c22-16-5-1-14(2-6-16)9-10-25-18-12-30(27,28)13-19(18)29-21(25)24-20(26)11-15-3-7-17(23)8-4-15/h1-8,18-19H,9-13H2/t18-,19-/m1/s1. The van der Waals surface area contributed by atoms with Crippen LogP contribution < -0.4 is 0 Å². The summed E-state index contributed by atoms with van der Waals surface area (Å²) >= 11 is 1.33. The molecule has 0 radical (unpaired) electrons. The molecule has 0 saturated carbocycles. The second kappa shape index (κ2) is 8.47. The van der Waals surface area contributed by atoms with E-state index in [0.29, 0.717) is 23.7 Å². The molecule has 0 spiro atoms. The lowest BCUT2D eigenvalue weighted by Crippen LogP contribution is -2.39. The molecule has 2 heterocycles. The van der Waals surface area contributed by atoms with Crippen LogP contribution in [0.2, 0.25) is 0 Å². The minimum absolute atomic E-state index is 0.0409. The van der Waals surface area contributed by atoms with Gasteiger partial charge < -0.3 is 4.90 Å². The van der Waals surface area contributed by atoms with E-state index in [2.05, 4.69) is 4.99 Å². The first-order valence-electron chi connectivity index (χ1n) is 9.53. The summed E-state index contributed by atoms with van der Waals surface area (Å²) in [5.41, 5.74) is 1.58. The van der Waals surface area contributed by atoms with E-state index in [1.165, 1.54) is 36.0 Å². The van der Waals surface area contributed by atoms with Crippen molar-refractivity contribution in [1.29, 1.82) is 0 Å². The number of carbonyl (C=O) groups is 1. The number of hydrogen-bond acceptors (Lipinski definition) is 4. The number of thioether (sulfide) groups is 1. The van der Waals surface area contributed by atoms with Gasteiger partial charge in [0.1, 0.15) is 11.6 Å². The maximum absolute atomic E-state index is 13.1. The molecule has 2 aromatic carbocycles. The summed E-state index contributed by atoms with van der Waals surface area (Å²) in [5, 5.41) is 0.370. The summed E-state index contributed by atoms with van der Waals surface area (Å²) in [4.78, 5) is 18.6. The second-order valence-corrected chi connectivity index (χ2v) is 10.8. The van der Waals surface area contributed by atoms with Crippen molar-refractivity contribution in [2.75, 3.05) is 18.1 Å². The number of halogens is 2. The van der Waals surface area contributed by atoms with E-state index >= 15 is 0 Å². The van der Waals surface area contributed by atoms with Crippen molar-refractivity contribution in [3.8, 4) is 0 Å². The van der Waals surface area contributed by atoms with E-state index in [1.807, 2.05) is 4.90 Å². The fraction of sp³-hybridized carbons (Fsp3) is 0.333. The van der Waals surface area contributed by atoms with Gasteiger partial charge in [-0.15, -0.1) is 0 Å². The van der Waals surface area contributed by atoms with Crippen LogP contribution in [0.3, 0.4) is 0 Å². The molecule has 2 aliphatic heterocycles. The molecule has 1 amide bonds. The third-order valence-corrected chi connectivity index (χ3v) is 8.47. The van der Waals surface area contributed by atoms with Gasteiger partial charge in [-0.1, -0.05) is 36.0 Å². The lowest BCUT2D eigenvalue weighted by atomic mass is 10.1. The molecule has 2 fully saturated rings. The quantitative estimate of drug-likeness (QED) is 0.701. The number of rotatable bonds is 5. The molecular weight excluding hydrogens is 430 g/mol. The minimum Gasteiger partial charge on any atom is -0.346 e. The summed E-state index contributed by atoms with van der Waals surface area (Å²) < 4.78 is 50.3. The Labute approximate surface area is 178 Å². The number of hydrogen-bond donors (Lipinski definition) is 0. The van der Waals surface area contributed by atoms with Gasteiger partial charge in [-0.05, 0) is 41.8 Å². The Morgan fingerprint density at radius 3 is 2.23 bits per heavy atom. The highest BCUT2D eigenvalue weighted by Gasteiger charge is 2.48. The molecule has 2 aliphatic rings. The molecule has 9 heteroatoms. The van der Waals surface area contributed by atoms with Gasteiger partial charge in [-0.3, -0.25) is 4.79 Å². The maximum Gasteiger partial charge on any atom is 0.252 e. The number of carbonyl (C=O) groups excluding carboxylic acids is 1. The maximum atomic E-state index is 13.1. The van der Waals surface area contributed by atoms with E-state index in [9.17, 15) is 22.0 Å². The molecule has 0 aliphatic carbocycles. The van der Waals surface area contributed by atoms with Gasteiger partial charge in [-0.2, -0.15) is 4.99 Å². The van der Waals surface area contributed by atoms with Gasteiger partial charge >= 0.3 is 0 Å². The molecule has 5 nitrogen and oxygen atoms in total. The number of sulfone groups is 1. The van der Waals surface area contributed by atoms with Gasteiger partial charge in [0.25, 0.3) is 5.91 Å². The molecule has 158 valence electrons. The SMILES string of the molecule is O=C(Cc1ccc(F)cc1)N=C1S[C@@H]2CS(=O)(=O)C[C@H]2N1CCc1ccc(F)cc1. The fourth-order valence-electron chi connectivity index (χ4n) is 3.72. The van der Waals surface area contributed by atoms with Gasteiger partial charge in [0.05, 0.1) is 24.0 Å². The van der Waals surface area contributed by atoms with Crippen LogP contribution in [0.1, 0.15) is 11.1 Å². The Morgan fingerprint density at radius 1 is 1.00 bits per heavy atom. The predicted molar refractivity (Wildman–Crippen MR) is 113 cm³/mol. The Balaban J connectivity index is 1.50. The summed E-state index contributed by atoms with van der Waals surface area (Å²) in [7, 11) is -3.12. The van der Waals surface area contributed by atoms with E-state index in [1.54, 1.807) is 24.3 Å². The fourth-order valence-corrected chi connectivity index (χ4v) is 7.72. The monoisotopic (exact) mass is 450 g/mol. The number of aliphatic imine (C=N–C) groups is 1. The van der Waals surface area contributed by atoms with Crippen molar-refractivity contribution in [1.82, 2.24) is 4.90 Å². The van der Waals surface area contributed by atoms with Crippen molar-refractivity contribution in [2.45, 2.75) is 24.1 Å². The lowest BCUT2D eigenvalue weighted by molar-refractivity contribution is -0.117. The van der Waals surface area contributed by atoms with Crippen molar-refractivity contribution < 1.29 is 22.0 Å². The Bertz CT molecular complexity index is 1070. The minimum atomic E-state index is -3.12. The van der Waals surface area contributed by atoms with Crippen LogP contribution in [-0.2, 0) is 27.5 Å². The summed E-state index contributed by atoms with van der Waals surface area (Å²) in [6, 6.07) is 11.6. The van der Waals surface area contributed by atoms with Crippen LogP contribution in [0.4, 0.5) is 8.78 Å². The molecule has 0 unspecified atom stereocenters. The van der Waals surface area contributed by atoms with Gasteiger partial charge in [0.2, 0.25) is 0 Å². The number of amides is 1. The molecule has 2 atom stereocenters. The van der Waals surface area contributed by atoms with Crippen LogP contribution in [0.5, 0.6) is 0 Å². The first-order chi connectivity index (χ1) is 14.3. The zero-order valence-electron chi connectivity index (χ0n) is 16.0. The zero-order chi connectivity index (χ0) is 21.3. The number of benzene rings is 2. The van der Waals surface area contributed by atoms with E-state index in [4.69, 9.17) is 0 Å². The van der Waals surface area contributed by atoms with Crippen LogP contribution in [0, 0.1) is 11.6 Å². The van der Waals surface area contributed by atoms with Crippen molar-refractivity contribution in [3.63, 3.8) is 0 Å². The third-order valence-electron chi connectivity index (χ3n) is 5.22. The van der Waals surface area contributed by atoms with Crippen LogP contribution in [-0.4, -0.2) is 53.7 Å². The van der Waals surface area contributed by atoms with E-state index in [-0.39, 0.29) is 46.8 Å². The van der Waals surface area contributed by atoms with Crippen molar-refractivity contribution in [3.05, 3.63) is 71.3 Å². The average Bonchev–Trinajstić information content (AvgIpc) is 3.14. The van der Waals surface area contributed by atoms with Gasteiger partial charge in [0.15, 0.2) is 15.0 Å². The highest BCUT2D eigenvalue weighted by Crippen LogP contribution is 2.38. The van der Waals surface area contributed by atoms with Crippen LogP contribution >= 0.6 is 11.8 Å². The largest absolute Gasteiger partial charge is 0.346 e. The van der Waals surface area contributed by atoms with Crippen LogP contribution in [0.15, 0.2) is 53.5 Å². The Kier molecular flexibility index (Phi) is 5.92. The molecule has 30 heavy (non-hydrogen) atoms.